The molecule has 0 aliphatic carbocycles. The van der Waals surface area contributed by atoms with Gasteiger partial charge in [-0.2, -0.15) is 0 Å². The molecule has 0 amide bonds. The van der Waals surface area contributed by atoms with Crippen molar-refractivity contribution in [3.63, 3.8) is 0 Å². The summed E-state index contributed by atoms with van der Waals surface area (Å²) in [5.74, 6) is -1.07. The lowest BCUT2D eigenvalue weighted by atomic mass is 10.1. The van der Waals surface area contributed by atoms with E-state index in [0.717, 1.165) is 0 Å². The number of benzene rings is 1. The van der Waals surface area contributed by atoms with Crippen molar-refractivity contribution in [3.8, 4) is 5.75 Å². The maximum Gasteiger partial charge on any atom is 0.334 e. The number of carboxylic acid groups (broad SMARTS) is 1. The zero-order valence-electron chi connectivity index (χ0n) is 10.9. The molecule has 5 nitrogen and oxygen atoms in total. The monoisotopic (exact) mass is 264 g/mol. The largest absolute Gasteiger partial charge is 0.497 e. The number of aliphatic carboxylic acids is 1. The van der Waals surface area contributed by atoms with Gasteiger partial charge in [-0.25, -0.2) is 4.79 Å². The Morgan fingerprint density at radius 2 is 2.11 bits per heavy atom. The van der Waals surface area contributed by atoms with Crippen LogP contribution in [0.4, 0.5) is 0 Å². The van der Waals surface area contributed by atoms with E-state index in [-0.39, 0.29) is 18.6 Å². The van der Waals surface area contributed by atoms with Crippen LogP contribution in [0.15, 0.2) is 29.8 Å². The van der Waals surface area contributed by atoms with E-state index >= 15 is 0 Å². The maximum atomic E-state index is 11.7. The van der Waals surface area contributed by atoms with Crippen molar-refractivity contribution < 1.29 is 24.2 Å². The summed E-state index contributed by atoms with van der Waals surface area (Å²) >= 11 is 0. The standard InChI is InChI=1S/C14H16O5/c1-3-19-14(17)11(9-13(15)16)7-10-5-4-6-12(8-10)18-2/h4-8H,3,9H2,1-2H3,(H,15,16)/b11-7+. The van der Waals surface area contributed by atoms with Gasteiger partial charge in [0.05, 0.1) is 20.1 Å². The maximum absolute atomic E-state index is 11.7. The Bertz CT molecular complexity index is 490. The van der Waals surface area contributed by atoms with E-state index in [1.807, 2.05) is 0 Å². The second-order valence-corrected chi connectivity index (χ2v) is 3.74. The van der Waals surface area contributed by atoms with Crippen LogP contribution in [0.25, 0.3) is 6.08 Å². The Morgan fingerprint density at radius 1 is 1.37 bits per heavy atom. The molecule has 5 heteroatoms. The Labute approximate surface area is 111 Å². The fraction of sp³-hybridized carbons (Fsp3) is 0.286. The van der Waals surface area contributed by atoms with E-state index in [2.05, 4.69) is 0 Å². The number of carbonyl (C=O) groups excluding carboxylic acids is 1. The van der Waals surface area contributed by atoms with Gasteiger partial charge in [-0.1, -0.05) is 12.1 Å². The van der Waals surface area contributed by atoms with Crippen LogP contribution in [0.3, 0.4) is 0 Å². The second-order valence-electron chi connectivity index (χ2n) is 3.74. The molecule has 1 aromatic rings. The first-order chi connectivity index (χ1) is 9.06. The Kier molecular flexibility index (Phi) is 5.60. The molecular weight excluding hydrogens is 248 g/mol. The summed E-state index contributed by atoms with van der Waals surface area (Å²) < 4.78 is 9.90. The third-order valence-corrected chi connectivity index (χ3v) is 2.31. The van der Waals surface area contributed by atoms with Crippen LogP contribution in [-0.2, 0) is 14.3 Å². The molecule has 1 N–H and O–H groups in total. The lowest BCUT2D eigenvalue weighted by Gasteiger charge is -2.06. The smallest absolute Gasteiger partial charge is 0.334 e. The first kappa shape index (κ1) is 14.8. The summed E-state index contributed by atoms with van der Waals surface area (Å²) in [4.78, 5) is 22.4. The number of ether oxygens (including phenoxy) is 2. The Morgan fingerprint density at radius 3 is 2.68 bits per heavy atom. The van der Waals surface area contributed by atoms with Crippen molar-refractivity contribution in [2.75, 3.05) is 13.7 Å². The summed E-state index contributed by atoms with van der Waals surface area (Å²) in [5.41, 5.74) is 0.784. The normalized spacial score (nSPS) is 10.9. The van der Waals surface area contributed by atoms with Crippen molar-refractivity contribution >= 4 is 18.0 Å². The van der Waals surface area contributed by atoms with Gasteiger partial charge >= 0.3 is 11.9 Å². The fourth-order valence-electron chi connectivity index (χ4n) is 1.50. The van der Waals surface area contributed by atoms with Crippen LogP contribution in [0.5, 0.6) is 5.75 Å². The summed E-state index contributed by atoms with van der Waals surface area (Å²) in [6.07, 6.45) is 1.12. The molecular formula is C14H16O5. The second kappa shape index (κ2) is 7.20. The molecule has 0 unspecified atom stereocenters. The summed E-state index contributed by atoms with van der Waals surface area (Å²) in [6, 6.07) is 6.98. The van der Waals surface area contributed by atoms with Crippen molar-refractivity contribution in [2.24, 2.45) is 0 Å². The van der Waals surface area contributed by atoms with Crippen molar-refractivity contribution in [1.29, 1.82) is 0 Å². The molecule has 0 radical (unpaired) electrons. The van der Waals surface area contributed by atoms with Gasteiger partial charge in [0.25, 0.3) is 0 Å². The third-order valence-electron chi connectivity index (χ3n) is 2.31. The van der Waals surface area contributed by atoms with Gasteiger partial charge in [-0.05, 0) is 30.7 Å². The highest BCUT2D eigenvalue weighted by atomic mass is 16.5. The summed E-state index contributed by atoms with van der Waals surface area (Å²) in [7, 11) is 1.53. The van der Waals surface area contributed by atoms with Gasteiger partial charge in [0.15, 0.2) is 0 Å². The zero-order chi connectivity index (χ0) is 14.3. The number of carboxylic acids is 1. The molecule has 0 atom stereocenters. The first-order valence-electron chi connectivity index (χ1n) is 5.80. The van der Waals surface area contributed by atoms with Gasteiger partial charge in [-0.3, -0.25) is 4.79 Å². The number of esters is 1. The molecule has 1 aromatic carbocycles. The van der Waals surface area contributed by atoms with Crippen LogP contribution in [0.1, 0.15) is 18.9 Å². The van der Waals surface area contributed by atoms with Crippen molar-refractivity contribution in [1.82, 2.24) is 0 Å². The van der Waals surface area contributed by atoms with E-state index in [4.69, 9.17) is 14.6 Å². The minimum absolute atomic E-state index is 0.0996. The lowest BCUT2D eigenvalue weighted by molar-refractivity contribution is -0.142. The van der Waals surface area contributed by atoms with E-state index in [0.29, 0.717) is 11.3 Å². The molecule has 19 heavy (non-hydrogen) atoms. The number of hydrogen-bond acceptors (Lipinski definition) is 4. The predicted molar refractivity (Wildman–Crippen MR) is 69.9 cm³/mol. The average molecular weight is 264 g/mol. The first-order valence-corrected chi connectivity index (χ1v) is 5.80. The lowest BCUT2D eigenvalue weighted by Crippen LogP contribution is -2.11. The average Bonchev–Trinajstić information content (AvgIpc) is 2.38. The minimum Gasteiger partial charge on any atom is -0.497 e. The van der Waals surface area contributed by atoms with Crippen LogP contribution in [-0.4, -0.2) is 30.8 Å². The molecule has 0 saturated carbocycles. The highest BCUT2D eigenvalue weighted by Crippen LogP contribution is 2.17. The topological polar surface area (TPSA) is 72.8 Å². The molecule has 1 rings (SSSR count). The van der Waals surface area contributed by atoms with Crippen LogP contribution in [0.2, 0.25) is 0 Å². The predicted octanol–water partition coefficient (Wildman–Crippen LogP) is 2.12. The number of carbonyl (C=O) groups is 2. The van der Waals surface area contributed by atoms with Gasteiger partial charge in [-0.15, -0.1) is 0 Å². The van der Waals surface area contributed by atoms with Gasteiger partial charge < -0.3 is 14.6 Å². The molecule has 0 heterocycles. The van der Waals surface area contributed by atoms with Crippen molar-refractivity contribution in [3.05, 3.63) is 35.4 Å². The Balaban J connectivity index is 3.03. The molecule has 0 saturated heterocycles. The van der Waals surface area contributed by atoms with Crippen LogP contribution in [0, 0.1) is 0 Å². The third kappa shape index (κ3) is 4.83. The summed E-state index contributed by atoms with van der Waals surface area (Å²) in [5, 5.41) is 8.81. The number of rotatable bonds is 6. The molecule has 0 spiro atoms. The molecule has 0 aliphatic heterocycles. The quantitative estimate of drug-likeness (QED) is 0.629. The molecule has 0 aromatic heterocycles. The fourth-order valence-corrected chi connectivity index (χ4v) is 1.50. The van der Waals surface area contributed by atoms with Crippen LogP contribution >= 0.6 is 0 Å². The highest BCUT2D eigenvalue weighted by Gasteiger charge is 2.14. The van der Waals surface area contributed by atoms with E-state index in [9.17, 15) is 9.59 Å². The Hall–Kier alpha value is -2.30. The number of methoxy groups -OCH3 is 1. The van der Waals surface area contributed by atoms with E-state index in [1.165, 1.54) is 13.2 Å². The van der Waals surface area contributed by atoms with Gasteiger partial charge in [0, 0.05) is 5.57 Å². The molecule has 0 aliphatic rings. The highest BCUT2D eigenvalue weighted by molar-refractivity contribution is 5.98. The van der Waals surface area contributed by atoms with E-state index in [1.54, 1.807) is 31.2 Å². The minimum atomic E-state index is -1.08. The SMILES string of the molecule is CCOC(=O)/C(=C/c1cccc(OC)c1)CC(=O)O. The van der Waals surface area contributed by atoms with Crippen LogP contribution < -0.4 is 4.74 Å². The van der Waals surface area contributed by atoms with E-state index < -0.39 is 11.9 Å². The summed E-state index contributed by atoms with van der Waals surface area (Å²) in [6.45, 7) is 1.87. The van der Waals surface area contributed by atoms with Crippen molar-refractivity contribution in [2.45, 2.75) is 13.3 Å². The number of hydrogen-bond donors (Lipinski definition) is 1. The molecule has 102 valence electrons. The molecule has 0 fully saturated rings. The zero-order valence-corrected chi connectivity index (χ0v) is 10.9. The van der Waals surface area contributed by atoms with Gasteiger partial charge in [0.1, 0.15) is 5.75 Å². The van der Waals surface area contributed by atoms with Gasteiger partial charge in [0.2, 0.25) is 0 Å². The molecule has 0 bridgehead atoms.